The van der Waals surface area contributed by atoms with E-state index in [1.165, 1.54) is 0 Å². The van der Waals surface area contributed by atoms with Gasteiger partial charge in [0.1, 0.15) is 6.61 Å². The van der Waals surface area contributed by atoms with E-state index < -0.39 is 26.2 Å². The molecule has 0 unspecified atom stereocenters. The van der Waals surface area contributed by atoms with Crippen LogP contribution in [0.3, 0.4) is 0 Å². The van der Waals surface area contributed by atoms with Crippen LogP contribution in [-0.2, 0) is 23.4 Å². The molecule has 0 aliphatic carbocycles. The molecule has 76 valence electrons. The Labute approximate surface area is 73.9 Å². The first-order valence-corrected chi connectivity index (χ1v) is 4.74. The van der Waals surface area contributed by atoms with Gasteiger partial charge in [0.15, 0.2) is 0 Å². The molecule has 0 spiro atoms. The van der Waals surface area contributed by atoms with Gasteiger partial charge in [0.2, 0.25) is 5.78 Å². The molecule has 0 aliphatic rings. The number of Topliss-reactive ketones (excluding diaryl/α,β-unsaturated/α-hetero) is 1. The first-order valence-electron chi connectivity index (χ1n) is 3.20. The zero-order valence-corrected chi connectivity index (χ0v) is 7.69. The minimum Gasteiger partial charge on any atom is -0.457 e. The maximum atomic E-state index is 10.4. The van der Waals surface area contributed by atoms with E-state index in [-0.39, 0.29) is 6.61 Å². The van der Waals surface area contributed by atoms with Crippen LogP contribution in [0.25, 0.3) is 0 Å². The van der Waals surface area contributed by atoms with Crippen LogP contribution in [0.4, 0.5) is 0 Å². The predicted octanol–water partition coefficient (Wildman–Crippen LogP) is -0.772. The fourth-order valence-electron chi connectivity index (χ4n) is 0.392. The van der Waals surface area contributed by atoms with Crippen molar-refractivity contribution in [2.45, 2.75) is 6.92 Å². The van der Waals surface area contributed by atoms with Crippen LogP contribution < -0.4 is 0 Å². The van der Waals surface area contributed by atoms with Crippen LogP contribution in [0.15, 0.2) is 0 Å². The molecule has 0 fully saturated rings. The Morgan fingerprint density at radius 1 is 1.31 bits per heavy atom. The molecule has 0 rings (SSSR count). The van der Waals surface area contributed by atoms with E-state index in [1.807, 2.05) is 0 Å². The van der Waals surface area contributed by atoms with Crippen LogP contribution in [-0.4, -0.2) is 34.8 Å². The average molecular weight is 212 g/mol. The van der Waals surface area contributed by atoms with Gasteiger partial charge in [-0.3, -0.25) is 9.32 Å². The molecular formula is C5H9O7P. The summed E-state index contributed by atoms with van der Waals surface area (Å²) in [6.07, 6.45) is 0. The molecule has 0 saturated carbocycles. The van der Waals surface area contributed by atoms with E-state index in [9.17, 15) is 14.2 Å². The van der Waals surface area contributed by atoms with Crippen molar-refractivity contribution in [3.05, 3.63) is 0 Å². The van der Waals surface area contributed by atoms with Crippen molar-refractivity contribution in [1.29, 1.82) is 0 Å². The van der Waals surface area contributed by atoms with Gasteiger partial charge < -0.3 is 14.5 Å². The number of hydrogen-bond donors (Lipinski definition) is 2. The average Bonchev–Trinajstić information content (AvgIpc) is 1.95. The van der Waals surface area contributed by atoms with Crippen LogP contribution >= 0.6 is 7.82 Å². The smallest absolute Gasteiger partial charge is 0.457 e. The standard InChI is InChI=1S/C5H9O7P/c1-4(6)5(7)11-2-3-12-13(8,9)10/h2-3H2,1H3,(H2,8,9,10). The third-order valence-electron chi connectivity index (χ3n) is 0.863. The maximum Gasteiger partial charge on any atom is 0.469 e. The van der Waals surface area contributed by atoms with E-state index in [2.05, 4.69) is 9.26 Å². The van der Waals surface area contributed by atoms with Crippen LogP contribution in [0, 0.1) is 0 Å². The van der Waals surface area contributed by atoms with Crippen molar-refractivity contribution in [2.75, 3.05) is 13.2 Å². The van der Waals surface area contributed by atoms with E-state index in [1.54, 1.807) is 0 Å². The summed E-state index contributed by atoms with van der Waals surface area (Å²) >= 11 is 0. The molecule has 2 N–H and O–H groups in total. The van der Waals surface area contributed by atoms with Gasteiger partial charge in [-0.1, -0.05) is 0 Å². The highest BCUT2D eigenvalue weighted by Gasteiger charge is 2.14. The number of rotatable bonds is 5. The topological polar surface area (TPSA) is 110 Å². The van der Waals surface area contributed by atoms with Gasteiger partial charge in [0.05, 0.1) is 6.61 Å². The summed E-state index contributed by atoms with van der Waals surface area (Å²) in [5.41, 5.74) is 0. The van der Waals surface area contributed by atoms with Crippen molar-refractivity contribution in [3.8, 4) is 0 Å². The summed E-state index contributed by atoms with van der Waals surface area (Å²) in [4.78, 5) is 37.1. The zero-order chi connectivity index (χ0) is 10.5. The molecule has 0 radical (unpaired) electrons. The number of esters is 1. The van der Waals surface area contributed by atoms with Gasteiger partial charge in [-0.05, 0) is 0 Å². The van der Waals surface area contributed by atoms with Crippen molar-refractivity contribution in [1.82, 2.24) is 0 Å². The SMILES string of the molecule is CC(=O)C(=O)OCCOP(=O)(O)O. The molecule has 0 bridgehead atoms. The van der Waals surface area contributed by atoms with Crippen LogP contribution in [0.2, 0.25) is 0 Å². The quantitative estimate of drug-likeness (QED) is 0.266. The highest BCUT2D eigenvalue weighted by Crippen LogP contribution is 2.35. The second-order valence-electron chi connectivity index (χ2n) is 2.02. The summed E-state index contributed by atoms with van der Waals surface area (Å²) in [5.74, 6) is -1.84. The summed E-state index contributed by atoms with van der Waals surface area (Å²) in [6, 6.07) is 0. The van der Waals surface area contributed by atoms with Gasteiger partial charge in [0.25, 0.3) is 0 Å². The van der Waals surface area contributed by atoms with Crippen LogP contribution in [0.5, 0.6) is 0 Å². The number of carbonyl (C=O) groups is 2. The molecule has 0 atom stereocenters. The fourth-order valence-corrected chi connectivity index (χ4v) is 0.705. The summed E-state index contributed by atoms with van der Waals surface area (Å²) in [6.45, 7) is 0.193. The minimum absolute atomic E-state index is 0.372. The Kier molecular flexibility index (Phi) is 4.79. The minimum atomic E-state index is -4.53. The molecule has 7 nitrogen and oxygen atoms in total. The van der Waals surface area contributed by atoms with E-state index in [0.717, 1.165) is 6.92 Å². The maximum absolute atomic E-state index is 10.4. The summed E-state index contributed by atoms with van der Waals surface area (Å²) in [5, 5.41) is 0. The molecule has 0 saturated heterocycles. The molecule has 0 aromatic heterocycles. The normalized spacial score (nSPS) is 11.0. The second-order valence-corrected chi connectivity index (χ2v) is 3.26. The third-order valence-corrected chi connectivity index (χ3v) is 1.38. The van der Waals surface area contributed by atoms with E-state index in [0.29, 0.717) is 0 Å². The summed E-state index contributed by atoms with van der Waals surface area (Å²) < 4.78 is 18.3. The molecule has 0 aromatic carbocycles. The Balaban J connectivity index is 3.53. The third kappa shape index (κ3) is 7.61. The zero-order valence-electron chi connectivity index (χ0n) is 6.80. The van der Waals surface area contributed by atoms with Gasteiger partial charge in [-0.25, -0.2) is 9.36 Å². The number of carbonyl (C=O) groups excluding carboxylic acids is 2. The predicted molar refractivity (Wildman–Crippen MR) is 39.6 cm³/mol. The van der Waals surface area contributed by atoms with Gasteiger partial charge in [-0.2, -0.15) is 0 Å². The number of phosphoric acid groups is 1. The number of hydrogen-bond acceptors (Lipinski definition) is 5. The van der Waals surface area contributed by atoms with E-state index >= 15 is 0 Å². The monoisotopic (exact) mass is 212 g/mol. The van der Waals surface area contributed by atoms with E-state index in [4.69, 9.17) is 9.79 Å². The fraction of sp³-hybridized carbons (Fsp3) is 0.600. The highest BCUT2D eigenvalue weighted by molar-refractivity contribution is 7.46. The van der Waals surface area contributed by atoms with Gasteiger partial charge in [-0.15, -0.1) is 0 Å². The molecule has 0 aliphatic heterocycles. The lowest BCUT2D eigenvalue weighted by molar-refractivity contribution is -0.153. The van der Waals surface area contributed by atoms with Crippen molar-refractivity contribution >= 4 is 19.6 Å². The van der Waals surface area contributed by atoms with Crippen molar-refractivity contribution in [3.63, 3.8) is 0 Å². The van der Waals surface area contributed by atoms with Gasteiger partial charge >= 0.3 is 13.8 Å². The Morgan fingerprint density at radius 2 is 1.85 bits per heavy atom. The first kappa shape index (κ1) is 12.2. The Hall–Kier alpha value is -0.750. The molecule has 0 heterocycles. The molecular weight excluding hydrogens is 203 g/mol. The Bertz CT molecular complexity index is 241. The second kappa shape index (κ2) is 5.08. The first-order chi connectivity index (χ1) is 5.83. The molecule has 13 heavy (non-hydrogen) atoms. The molecule has 0 amide bonds. The van der Waals surface area contributed by atoms with Crippen molar-refractivity contribution in [2.24, 2.45) is 0 Å². The lowest BCUT2D eigenvalue weighted by Gasteiger charge is -2.04. The lowest BCUT2D eigenvalue weighted by atomic mass is 10.5. The summed E-state index contributed by atoms with van der Waals surface area (Å²) in [7, 11) is -4.53. The lowest BCUT2D eigenvalue weighted by Crippen LogP contribution is -2.16. The molecule has 8 heteroatoms. The molecule has 0 aromatic rings. The van der Waals surface area contributed by atoms with Crippen LogP contribution in [0.1, 0.15) is 6.92 Å². The largest absolute Gasteiger partial charge is 0.469 e. The van der Waals surface area contributed by atoms with Gasteiger partial charge in [0, 0.05) is 6.92 Å². The van der Waals surface area contributed by atoms with Crippen molar-refractivity contribution < 1.29 is 33.2 Å². The number of ketones is 1. The number of phosphoric ester groups is 1. The Morgan fingerprint density at radius 3 is 2.23 bits per heavy atom. The highest BCUT2D eigenvalue weighted by atomic mass is 31.2. The number of ether oxygens (including phenoxy) is 1.